The van der Waals surface area contributed by atoms with E-state index in [1.807, 2.05) is 30.3 Å². The van der Waals surface area contributed by atoms with Crippen LogP contribution in [0.15, 0.2) is 60.7 Å². The van der Waals surface area contributed by atoms with Crippen molar-refractivity contribution >= 4 is 11.9 Å². The highest BCUT2D eigenvalue weighted by atomic mass is 16.5. The molecule has 2 N–H and O–H groups in total. The highest BCUT2D eigenvalue weighted by Gasteiger charge is 2.16. The summed E-state index contributed by atoms with van der Waals surface area (Å²) in [6.45, 7) is 0.380. The average Bonchev–Trinajstić information content (AvgIpc) is 2.72. The first kappa shape index (κ1) is 18.9. The minimum atomic E-state index is -1.31. The molecular weight excluding hydrogens is 362 g/mol. The van der Waals surface area contributed by atoms with Crippen molar-refractivity contribution in [1.29, 1.82) is 0 Å². The van der Waals surface area contributed by atoms with Crippen molar-refractivity contribution in [2.24, 2.45) is 0 Å². The Balaban J connectivity index is 1.94. The number of hydrogen-bond acceptors (Lipinski definition) is 5. The molecule has 0 fully saturated rings. The number of ether oxygens (including phenoxy) is 2. The molecule has 0 spiro atoms. The largest absolute Gasteiger partial charge is 0.496 e. The van der Waals surface area contributed by atoms with E-state index in [1.54, 1.807) is 18.2 Å². The third-order valence-corrected chi connectivity index (χ3v) is 4.00. The van der Waals surface area contributed by atoms with Gasteiger partial charge >= 0.3 is 11.9 Å². The molecule has 7 nitrogen and oxygen atoms in total. The summed E-state index contributed by atoms with van der Waals surface area (Å²) in [5.74, 6) is -1.64. The lowest BCUT2D eigenvalue weighted by Crippen LogP contribution is -2.08. The topological polar surface area (TPSA) is 106 Å². The lowest BCUT2D eigenvalue weighted by molar-refractivity contribution is 0.0685. The first-order valence-electron chi connectivity index (χ1n) is 8.31. The van der Waals surface area contributed by atoms with Gasteiger partial charge in [0.1, 0.15) is 29.5 Å². The molecule has 0 radical (unpaired) electrons. The second-order valence-corrected chi connectivity index (χ2v) is 5.87. The SMILES string of the molecule is COc1cc(OCc2ccccc2)ccc1-c1cc(C(=O)O)nc(C(=O)O)c1. The van der Waals surface area contributed by atoms with Crippen LogP contribution >= 0.6 is 0 Å². The fourth-order valence-electron chi connectivity index (χ4n) is 2.65. The Kier molecular flexibility index (Phi) is 5.55. The number of aromatic nitrogens is 1. The fraction of sp³-hybridized carbons (Fsp3) is 0.0952. The van der Waals surface area contributed by atoms with Gasteiger partial charge in [-0.3, -0.25) is 0 Å². The van der Waals surface area contributed by atoms with E-state index >= 15 is 0 Å². The van der Waals surface area contributed by atoms with Crippen molar-refractivity contribution < 1.29 is 29.3 Å². The van der Waals surface area contributed by atoms with E-state index in [0.717, 1.165) is 5.56 Å². The Bertz CT molecular complexity index is 984. The van der Waals surface area contributed by atoms with Crippen molar-refractivity contribution in [2.45, 2.75) is 6.61 Å². The molecule has 0 aliphatic rings. The van der Waals surface area contributed by atoms with E-state index in [-0.39, 0.29) is 11.4 Å². The van der Waals surface area contributed by atoms with Gasteiger partial charge in [-0.2, -0.15) is 0 Å². The number of rotatable bonds is 7. The molecule has 2 aromatic carbocycles. The zero-order valence-electron chi connectivity index (χ0n) is 15.0. The monoisotopic (exact) mass is 379 g/mol. The Hall–Kier alpha value is -3.87. The maximum Gasteiger partial charge on any atom is 0.354 e. The summed E-state index contributed by atoms with van der Waals surface area (Å²) in [5.41, 5.74) is 1.19. The highest BCUT2D eigenvalue weighted by molar-refractivity contribution is 5.93. The molecule has 142 valence electrons. The van der Waals surface area contributed by atoms with Gasteiger partial charge in [-0.15, -0.1) is 0 Å². The zero-order valence-corrected chi connectivity index (χ0v) is 15.0. The summed E-state index contributed by atoms with van der Waals surface area (Å²) >= 11 is 0. The van der Waals surface area contributed by atoms with Crippen LogP contribution in [0.2, 0.25) is 0 Å². The summed E-state index contributed by atoms with van der Waals surface area (Å²) < 4.78 is 11.2. The minimum absolute atomic E-state index is 0.360. The van der Waals surface area contributed by atoms with Gasteiger partial charge < -0.3 is 19.7 Å². The number of aromatic carboxylic acids is 2. The molecule has 0 unspecified atom stereocenters. The molecule has 0 aliphatic heterocycles. The van der Waals surface area contributed by atoms with Crippen LogP contribution in [0.1, 0.15) is 26.5 Å². The summed E-state index contributed by atoms with van der Waals surface area (Å²) in [6.07, 6.45) is 0. The number of carbonyl (C=O) groups is 2. The summed E-state index contributed by atoms with van der Waals surface area (Å²) in [6, 6.07) is 17.3. The van der Waals surface area contributed by atoms with Crippen LogP contribution in [0, 0.1) is 0 Å². The van der Waals surface area contributed by atoms with Crippen molar-refractivity contribution in [1.82, 2.24) is 4.98 Å². The van der Waals surface area contributed by atoms with Crippen LogP contribution in [-0.4, -0.2) is 34.2 Å². The predicted molar refractivity (Wildman–Crippen MR) is 101 cm³/mol. The molecule has 0 saturated carbocycles. The molecule has 0 bridgehead atoms. The van der Waals surface area contributed by atoms with Gasteiger partial charge in [0.05, 0.1) is 7.11 Å². The molecule has 0 aliphatic carbocycles. The second-order valence-electron chi connectivity index (χ2n) is 5.87. The maximum atomic E-state index is 11.3. The Morgan fingerprint density at radius 2 is 1.57 bits per heavy atom. The summed E-state index contributed by atoms with van der Waals surface area (Å²) in [7, 11) is 1.47. The number of carboxylic acids is 2. The summed E-state index contributed by atoms with van der Waals surface area (Å²) in [5, 5.41) is 18.4. The Labute approximate surface area is 160 Å². The number of pyridine rings is 1. The van der Waals surface area contributed by atoms with E-state index in [4.69, 9.17) is 9.47 Å². The van der Waals surface area contributed by atoms with Crippen LogP contribution in [-0.2, 0) is 6.61 Å². The number of methoxy groups -OCH3 is 1. The van der Waals surface area contributed by atoms with E-state index in [0.29, 0.717) is 29.2 Å². The highest BCUT2D eigenvalue weighted by Crippen LogP contribution is 2.34. The molecule has 28 heavy (non-hydrogen) atoms. The van der Waals surface area contributed by atoms with Crippen LogP contribution < -0.4 is 9.47 Å². The normalized spacial score (nSPS) is 10.3. The van der Waals surface area contributed by atoms with Crippen LogP contribution in [0.3, 0.4) is 0 Å². The van der Waals surface area contributed by atoms with Crippen LogP contribution in [0.25, 0.3) is 11.1 Å². The van der Waals surface area contributed by atoms with Gasteiger partial charge in [0.25, 0.3) is 0 Å². The van der Waals surface area contributed by atoms with Gasteiger partial charge in [-0.05, 0) is 35.4 Å². The lowest BCUT2D eigenvalue weighted by Gasteiger charge is -2.13. The zero-order chi connectivity index (χ0) is 20.1. The molecule has 0 atom stereocenters. The number of benzene rings is 2. The van der Waals surface area contributed by atoms with Gasteiger partial charge in [0, 0.05) is 11.6 Å². The smallest absolute Gasteiger partial charge is 0.354 e. The van der Waals surface area contributed by atoms with Crippen molar-refractivity contribution in [3.63, 3.8) is 0 Å². The Morgan fingerprint density at radius 1 is 0.929 bits per heavy atom. The van der Waals surface area contributed by atoms with Crippen LogP contribution in [0.5, 0.6) is 11.5 Å². The lowest BCUT2D eigenvalue weighted by atomic mass is 10.0. The van der Waals surface area contributed by atoms with Gasteiger partial charge in [0.15, 0.2) is 0 Å². The van der Waals surface area contributed by atoms with E-state index in [1.165, 1.54) is 19.2 Å². The predicted octanol–water partition coefficient (Wildman–Crippen LogP) is 3.73. The molecule has 1 heterocycles. The van der Waals surface area contributed by atoms with Gasteiger partial charge in [-0.1, -0.05) is 30.3 Å². The van der Waals surface area contributed by atoms with E-state index in [2.05, 4.69) is 4.98 Å². The van der Waals surface area contributed by atoms with Crippen molar-refractivity contribution in [3.8, 4) is 22.6 Å². The first-order chi connectivity index (χ1) is 13.5. The quantitative estimate of drug-likeness (QED) is 0.644. The molecule has 1 aromatic heterocycles. The van der Waals surface area contributed by atoms with Gasteiger partial charge in [0.2, 0.25) is 0 Å². The standard InChI is InChI=1S/C21H17NO6/c1-27-19-11-15(28-12-13-5-3-2-4-6-13)7-8-16(19)14-9-17(20(23)24)22-18(10-14)21(25)26/h2-11H,12H2,1H3,(H,23,24)(H,25,26). The van der Waals surface area contributed by atoms with Crippen molar-refractivity contribution in [3.05, 3.63) is 77.6 Å². The van der Waals surface area contributed by atoms with Crippen LogP contribution in [0.4, 0.5) is 0 Å². The molecule has 0 saturated heterocycles. The number of carboxylic acid groups (broad SMARTS) is 2. The first-order valence-corrected chi connectivity index (χ1v) is 8.31. The molecule has 7 heteroatoms. The van der Waals surface area contributed by atoms with Crippen molar-refractivity contribution in [2.75, 3.05) is 7.11 Å². The maximum absolute atomic E-state index is 11.3. The number of nitrogens with zero attached hydrogens (tertiary/aromatic N) is 1. The second kappa shape index (κ2) is 8.22. The fourth-order valence-corrected chi connectivity index (χ4v) is 2.65. The third kappa shape index (κ3) is 4.27. The molecule has 3 rings (SSSR count). The number of hydrogen-bond donors (Lipinski definition) is 2. The summed E-state index contributed by atoms with van der Waals surface area (Å²) in [4.78, 5) is 26.2. The van der Waals surface area contributed by atoms with E-state index < -0.39 is 11.9 Å². The van der Waals surface area contributed by atoms with Gasteiger partial charge in [-0.25, -0.2) is 14.6 Å². The van der Waals surface area contributed by atoms with E-state index in [9.17, 15) is 19.8 Å². The molecule has 3 aromatic rings. The average molecular weight is 379 g/mol. The molecule has 0 amide bonds. The third-order valence-electron chi connectivity index (χ3n) is 4.00. The minimum Gasteiger partial charge on any atom is -0.496 e. The molecular formula is C21H17NO6. The Morgan fingerprint density at radius 3 is 2.14 bits per heavy atom.